The zero-order chi connectivity index (χ0) is 29.3. The molecule has 1 saturated heterocycles. The lowest BCUT2D eigenvalue weighted by Crippen LogP contribution is -2.44. The van der Waals surface area contributed by atoms with E-state index in [1.165, 1.54) is 11.7 Å². The van der Waals surface area contributed by atoms with Crippen LogP contribution in [0.1, 0.15) is 36.7 Å². The van der Waals surface area contributed by atoms with Crippen LogP contribution in [0.5, 0.6) is 0 Å². The first-order chi connectivity index (χ1) is 19.6. The Hall–Kier alpha value is -4.68. The molecule has 3 heterocycles. The summed E-state index contributed by atoms with van der Waals surface area (Å²) in [5.41, 5.74) is 4.95. The number of anilines is 1. The molecule has 9 heteroatoms. The molecule has 210 valence electrons. The highest BCUT2D eigenvalue weighted by molar-refractivity contribution is 6.01. The van der Waals surface area contributed by atoms with Crippen molar-refractivity contribution in [3.8, 4) is 28.3 Å². The van der Waals surface area contributed by atoms with Crippen molar-refractivity contribution in [2.75, 3.05) is 45.2 Å². The van der Waals surface area contributed by atoms with E-state index in [2.05, 4.69) is 27.9 Å². The van der Waals surface area contributed by atoms with Gasteiger partial charge in [-0.05, 0) is 69.3 Å². The Morgan fingerprint density at radius 3 is 2.27 bits per heavy atom. The SMILES string of the molecule is COC(=O)c1ccc(-c2cn(C(=O)OC(C)(C)C)c3ncc(-c4ccc(N5CCN(C)CC5)c(C#N)c4)cc23)cc1. The maximum absolute atomic E-state index is 13.1. The summed E-state index contributed by atoms with van der Waals surface area (Å²) in [4.78, 5) is 34.3. The van der Waals surface area contributed by atoms with Crippen LogP contribution in [0.25, 0.3) is 33.3 Å². The molecule has 0 spiro atoms. The topological polar surface area (TPSA) is 101 Å². The average Bonchev–Trinajstić information content (AvgIpc) is 3.35. The van der Waals surface area contributed by atoms with Gasteiger partial charge >= 0.3 is 12.1 Å². The number of rotatable bonds is 4. The number of benzene rings is 2. The molecule has 2 aromatic carbocycles. The maximum Gasteiger partial charge on any atom is 0.420 e. The van der Waals surface area contributed by atoms with Crippen LogP contribution in [-0.2, 0) is 9.47 Å². The molecule has 2 aromatic heterocycles. The zero-order valence-electron chi connectivity index (χ0n) is 24.0. The molecule has 4 aromatic rings. The van der Waals surface area contributed by atoms with Crippen LogP contribution in [0.15, 0.2) is 60.9 Å². The number of pyridine rings is 1. The van der Waals surface area contributed by atoms with Gasteiger partial charge in [0.25, 0.3) is 0 Å². The number of carbonyl (C=O) groups excluding carboxylic acids is 2. The second-order valence-corrected chi connectivity index (χ2v) is 11.2. The van der Waals surface area contributed by atoms with E-state index >= 15 is 0 Å². The normalized spacial score (nSPS) is 14.1. The lowest BCUT2D eigenvalue weighted by molar-refractivity contribution is 0.0542. The fourth-order valence-corrected chi connectivity index (χ4v) is 4.98. The molecule has 41 heavy (non-hydrogen) atoms. The number of piperazine rings is 1. The van der Waals surface area contributed by atoms with Crippen LogP contribution in [0.4, 0.5) is 10.5 Å². The van der Waals surface area contributed by atoms with Crippen molar-refractivity contribution >= 4 is 28.8 Å². The molecule has 0 atom stereocenters. The minimum absolute atomic E-state index is 0.426. The third-order valence-corrected chi connectivity index (χ3v) is 7.14. The second-order valence-electron chi connectivity index (χ2n) is 11.2. The van der Waals surface area contributed by atoms with E-state index in [4.69, 9.17) is 9.47 Å². The molecule has 0 saturated carbocycles. The van der Waals surface area contributed by atoms with E-state index in [1.807, 2.05) is 57.2 Å². The highest BCUT2D eigenvalue weighted by Crippen LogP contribution is 2.35. The fraction of sp³-hybridized carbons (Fsp3) is 0.312. The van der Waals surface area contributed by atoms with Crippen molar-refractivity contribution in [2.45, 2.75) is 26.4 Å². The first kappa shape index (κ1) is 27.9. The zero-order valence-corrected chi connectivity index (χ0v) is 24.0. The number of nitriles is 1. The molecule has 0 N–H and O–H groups in total. The van der Waals surface area contributed by atoms with Crippen molar-refractivity contribution in [1.29, 1.82) is 5.26 Å². The number of esters is 1. The van der Waals surface area contributed by atoms with E-state index in [-0.39, 0.29) is 0 Å². The van der Waals surface area contributed by atoms with Gasteiger partial charge in [-0.25, -0.2) is 19.1 Å². The van der Waals surface area contributed by atoms with Crippen molar-refractivity contribution in [2.24, 2.45) is 0 Å². The van der Waals surface area contributed by atoms with Crippen LogP contribution in [-0.4, -0.2) is 72.5 Å². The van der Waals surface area contributed by atoms with Gasteiger partial charge in [0.1, 0.15) is 17.3 Å². The minimum Gasteiger partial charge on any atom is -0.465 e. The number of fused-ring (bicyclic) bond motifs is 1. The van der Waals surface area contributed by atoms with Gasteiger partial charge in [0.05, 0.1) is 23.9 Å². The quantitative estimate of drug-likeness (QED) is 0.304. The predicted octanol–water partition coefficient (Wildman–Crippen LogP) is 5.56. The summed E-state index contributed by atoms with van der Waals surface area (Å²) in [6, 6.07) is 17.2. The number of hydrogen-bond donors (Lipinski definition) is 0. The standard InChI is InChI=1S/C32H33N5O4/c1-32(2,3)41-31(39)37-20-27(21-6-8-22(9-7-21)30(38)40-5)26-17-25(19-34-29(26)37)23-10-11-28(24(16-23)18-33)36-14-12-35(4)13-15-36/h6-11,16-17,19-20H,12-15H2,1-5H3. The smallest absolute Gasteiger partial charge is 0.420 e. The predicted molar refractivity (Wildman–Crippen MR) is 158 cm³/mol. The van der Waals surface area contributed by atoms with E-state index in [1.54, 1.807) is 24.5 Å². The molecule has 1 aliphatic heterocycles. The van der Waals surface area contributed by atoms with Crippen LogP contribution in [0, 0.1) is 11.3 Å². The Labute approximate surface area is 239 Å². The number of carbonyl (C=O) groups is 2. The molecule has 0 unspecified atom stereocenters. The van der Waals surface area contributed by atoms with Gasteiger partial charge in [0.15, 0.2) is 0 Å². The Morgan fingerprint density at radius 1 is 0.951 bits per heavy atom. The summed E-state index contributed by atoms with van der Waals surface area (Å²) in [6.07, 6.45) is 2.88. The Kier molecular flexibility index (Phi) is 7.52. The molecule has 0 radical (unpaired) electrons. The molecular formula is C32H33N5O4. The summed E-state index contributed by atoms with van der Waals surface area (Å²) < 4.78 is 11.9. The molecular weight excluding hydrogens is 518 g/mol. The van der Waals surface area contributed by atoms with E-state index < -0.39 is 17.7 Å². The van der Waals surface area contributed by atoms with Crippen molar-refractivity contribution in [1.82, 2.24) is 14.5 Å². The summed E-state index contributed by atoms with van der Waals surface area (Å²) in [5.74, 6) is -0.426. The molecule has 0 aliphatic carbocycles. The molecule has 0 amide bonds. The number of nitrogens with zero attached hydrogens (tertiary/aromatic N) is 5. The van der Waals surface area contributed by atoms with E-state index in [0.717, 1.165) is 59.5 Å². The minimum atomic E-state index is -0.685. The van der Waals surface area contributed by atoms with Crippen LogP contribution >= 0.6 is 0 Å². The summed E-state index contributed by atoms with van der Waals surface area (Å²) >= 11 is 0. The number of likely N-dealkylation sites (N-methyl/N-ethyl adjacent to an activating group) is 1. The maximum atomic E-state index is 13.1. The van der Waals surface area contributed by atoms with Crippen molar-refractivity contribution < 1.29 is 19.1 Å². The first-order valence-electron chi connectivity index (χ1n) is 13.5. The van der Waals surface area contributed by atoms with Gasteiger partial charge in [-0.15, -0.1) is 0 Å². The summed E-state index contributed by atoms with van der Waals surface area (Å²) in [5, 5.41) is 10.7. The molecule has 1 fully saturated rings. The lowest BCUT2D eigenvalue weighted by atomic mass is 9.99. The van der Waals surface area contributed by atoms with Crippen LogP contribution in [0.2, 0.25) is 0 Å². The van der Waals surface area contributed by atoms with Gasteiger partial charge in [0.2, 0.25) is 0 Å². The van der Waals surface area contributed by atoms with E-state index in [9.17, 15) is 14.9 Å². The largest absolute Gasteiger partial charge is 0.465 e. The lowest BCUT2D eigenvalue weighted by Gasteiger charge is -2.34. The van der Waals surface area contributed by atoms with E-state index in [0.29, 0.717) is 16.8 Å². The van der Waals surface area contributed by atoms with Crippen molar-refractivity contribution in [3.63, 3.8) is 0 Å². The van der Waals surface area contributed by atoms with Crippen LogP contribution in [0.3, 0.4) is 0 Å². The van der Waals surface area contributed by atoms with Gasteiger partial charge in [-0.2, -0.15) is 5.26 Å². The Balaban J connectivity index is 1.59. The van der Waals surface area contributed by atoms with Crippen molar-refractivity contribution in [3.05, 3.63) is 72.1 Å². The first-order valence-corrected chi connectivity index (χ1v) is 13.5. The Morgan fingerprint density at radius 2 is 1.63 bits per heavy atom. The summed E-state index contributed by atoms with van der Waals surface area (Å²) in [6.45, 7) is 9.08. The van der Waals surface area contributed by atoms with Gasteiger partial charge in [0, 0.05) is 55.1 Å². The number of methoxy groups -OCH3 is 1. The third kappa shape index (κ3) is 5.79. The monoisotopic (exact) mass is 551 g/mol. The Bertz CT molecular complexity index is 1650. The van der Waals surface area contributed by atoms with Gasteiger partial charge in [-0.1, -0.05) is 18.2 Å². The number of aromatic nitrogens is 2. The highest BCUT2D eigenvalue weighted by atomic mass is 16.6. The van der Waals surface area contributed by atoms with Gasteiger partial charge in [-0.3, -0.25) is 0 Å². The van der Waals surface area contributed by atoms with Crippen LogP contribution < -0.4 is 4.90 Å². The highest BCUT2D eigenvalue weighted by Gasteiger charge is 2.23. The number of ether oxygens (including phenoxy) is 2. The summed E-state index contributed by atoms with van der Waals surface area (Å²) in [7, 11) is 3.44. The number of hydrogen-bond acceptors (Lipinski definition) is 8. The molecule has 5 rings (SSSR count). The van der Waals surface area contributed by atoms with Gasteiger partial charge < -0.3 is 19.3 Å². The fourth-order valence-electron chi connectivity index (χ4n) is 4.98. The second kappa shape index (κ2) is 11.1. The molecule has 1 aliphatic rings. The average molecular weight is 552 g/mol. The third-order valence-electron chi connectivity index (χ3n) is 7.14. The molecule has 0 bridgehead atoms. The molecule has 9 nitrogen and oxygen atoms in total.